The summed E-state index contributed by atoms with van der Waals surface area (Å²) in [5.74, 6) is -2.94. The number of hydrogen-bond acceptors (Lipinski definition) is 8. The third-order valence-electron chi connectivity index (χ3n) is 11.3. The number of aryl methyl sites for hydroxylation is 1. The minimum atomic E-state index is -1.31. The molecule has 14 heteroatoms. The minimum Gasteiger partial charge on any atom is -0.496 e. The Labute approximate surface area is 355 Å². The summed E-state index contributed by atoms with van der Waals surface area (Å²) in [6.45, 7) is 3.95. The molecule has 4 N–H and O–H groups in total. The highest BCUT2D eigenvalue weighted by atomic mass is 16.5. The number of nitrogens with one attached hydrogen (secondary N) is 3. The molecule has 0 saturated carbocycles. The Morgan fingerprint density at radius 1 is 0.852 bits per heavy atom. The van der Waals surface area contributed by atoms with Gasteiger partial charge in [0.2, 0.25) is 23.6 Å². The van der Waals surface area contributed by atoms with Crippen LogP contribution < -0.4 is 25.4 Å². The monoisotopic (exact) mass is 831 g/mol. The summed E-state index contributed by atoms with van der Waals surface area (Å²) in [6, 6.07) is 21.2. The van der Waals surface area contributed by atoms with Crippen molar-refractivity contribution in [3.8, 4) is 33.8 Å². The summed E-state index contributed by atoms with van der Waals surface area (Å²) < 4.78 is 11.4. The lowest BCUT2D eigenvalue weighted by molar-refractivity contribution is -0.147. The summed E-state index contributed by atoms with van der Waals surface area (Å²) >= 11 is 0. The molecule has 2 heterocycles. The number of fused-ring (bicyclic) bond motifs is 5. The lowest BCUT2D eigenvalue weighted by Crippen LogP contribution is -2.54. The maximum atomic E-state index is 14.4. The molecular weight excluding hydrogens is 779 g/mol. The van der Waals surface area contributed by atoms with E-state index < -0.39 is 47.9 Å². The van der Waals surface area contributed by atoms with Gasteiger partial charge in [-0.2, -0.15) is 0 Å². The van der Waals surface area contributed by atoms with Crippen LogP contribution in [0.3, 0.4) is 0 Å². The number of ether oxygens (including phenoxy) is 2. The number of amides is 5. The maximum absolute atomic E-state index is 14.4. The number of benzene rings is 4. The van der Waals surface area contributed by atoms with Crippen LogP contribution in [-0.4, -0.2) is 103 Å². The first-order valence-electron chi connectivity index (χ1n) is 20.6. The van der Waals surface area contributed by atoms with Crippen molar-refractivity contribution in [2.24, 2.45) is 0 Å². The summed E-state index contributed by atoms with van der Waals surface area (Å²) in [5.41, 5.74) is 5.82. The Kier molecular flexibility index (Phi) is 14.1. The molecule has 320 valence electrons. The van der Waals surface area contributed by atoms with Crippen LogP contribution in [0.1, 0.15) is 72.6 Å². The van der Waals surface area contributed by atoms with Crippen molar-refractivity contribution in [2.75, 3.05) is 34.4 Å². The van der Waals surface area contributed by atoms with Crippen molar-refractivity contribution in [1.82, 2.24) is 25.8 Å². The van der Waals surface area contributed by atoms with Crippen molar-refractivity contribution < 1.29 is 43.3 Å². The number of hydrogen-bond donors (Lipinski definition) is 4. The molecule has 0 aromatic heterocycles. The van der Waals surface area contributed by atoms with Gasteiger partial charge in [-0.15, -0.1) is 0 Å². The van der Waals surface area contributed by atoms with Crippen LogP contribution in [0.4, 0.5) is 0 Å². The van der Waals surface area contributed by atoms with Crippen LogP contribution in [0.2, 0.25) is 0 Å². The summed E-state index contributed by atoms with van der Waals surface area (Å²) in [7, 11) is 4.46. The zero-order chi connectivity index (χ0) is 43.8. The number of rotatable bonds is 12. The Balaban J connectivity index is 1.19. The van der Waals surface area contributed by atoms with E-state index in [0.29, 0.717) is 58.7 Å². The van der Waals surface area contributed by atoms with Crippen molar-refractivity contribution in [3.05, 3.63) is 107 Å². The highest BCUT2D eigenvalue weighted by Crippen LogP contribution is 2.40. The molecule has 5 amide bonds. The van der Waals surface area contributed by atoms with Gasteiger partial charge in [0.05, 0.1) is 14.2 Å². The fourth-order valence-corrected chi connectivity index (χ4v) is 8.02. The van der Waals surface area contributed by atoms with Crippen LogP contribution in [0.15, 0.2) is 84.9 Å². The molecule has 4 atom stereocenters. The van der Waals surface area contributed by atoms with Crippen molar-refractivity contribution in [2.45, 2.75) is 76.5 Å². The lowest BCUT2D eigenvalue weighted by atomic mass is 9.93. The number of carboxylic acid groups (broad SMARTS) is 1. The van der Waals surface area contributed by atoms with Gasteiger partial charge in [-0.1, -0.05) is 61.9 Å². The second-order valence-electron chi connectivity index (χ2n) is 15.5. The predicted octanol–water partition coefficient (Wildman–Crippen LogP) is 4.93. The zero-order valence-electron chi connectivity index (χ0n) is 35.2. The summed E-state index contributed by atoms with van der Waals surface area (Å²) in [4.78, 5) is 83.7. The van der Waals surface area contributed by atoms with Gasteiger partial charge >= 0.3 is 5.97 Å². The fraction of sp³-hybridized carbons (Fsp3) is 0.362. The third-order valence-corrected chi connectivity index (χ3v) is 11.3. The predicted molar refractivity (Wildman–Crippen MR) is 229 cm³/mol. The summed E-state index contributed by atoms with van der Waals surface area (Å²) in [5, 5.41) is 18.0. The molecule has 0 radical (unpaired) electrons. The van der Waals surface area contributed by atoms with E-state index >= 15 is 0 Å². The van der Waals surface area contributed by atoms with Crippen LogP contribution in [0, 0.1) is 0 Å². The largest absolute Gasteiger partial charge is 0.496 e. The first-order chi connectivity index (χ1) is 29.3. The quantitative estimate of drug-likeness (QED) is 0.154. The molecule has 1 fully saturated rings. The second kappa shape index (κ2) is 19.6. The molecule has 2 aliphatic heterocycles. The molecule has 4 bridgehead atoms. The van der Waals surface area contributed by atoms with E-state index in [9.17, 15) is 33.9 Å². The van der Waals surface area contributed by atoms with Crippen LogP contribution in [-0.2, 0) is 36.8 Å². The normalized spacial score (nSPS) is 18.9. The molecule has 1 saturated heterocycles. The Morgan fingerprint density at radius 2 is 1.49 bits per heavy atom. The molecule has 0 aliphatic carbocycles. The number of carbonyl (C=O) groups excluding carboxylic acids is 5. The van der Waals surface area contributed by atoms with Gasteiger partial charge in [0.1, 0.15) is 35.7 Å². The number of carbonyl (C=O) groups is 6. The van der Waals surface area contributed by atoms with Gasteiger partial charge in [-0.05, 0) is 90.4 Å². The van der Waals surface area contributed by atoms with E-state index in [1.807, 2.05) is 12.1 Å². The van der Waals surface area contributed by atoms with Crippen LogP contribution >= 0.6 is 0 Å². The SMILES string of the molecule is CCCc1ccc(-c2ccc(C(=O)NCCC(=O)N3CCC[C@H]3C(=O)N(C)[C@@H]3C(=O)N[C@@H](C)C(=O)N[C@H](C(=O)O)Cc4ccc(OC)c(c4)-c4cc3ccc4OC)cc2)cc1. The van der Waals surface area contributed by atoms with Crippen molar-refractivity contribution in [1.29, 1.82) is 0 Å². The molecule has 61 heavy (non-hydrogen) atoms. The molecule has 4 aromatic rings. The number of likely N-dealkylation sites (tertiary alicyclic amines) is 1. The molecule has 6 rings (SSSR count). The van der Waals surface area contributed by atoms with Crippen LogP contribution in [0.5, 0.6) is 11.5 Å². The number of aliphatic carboxylic acids is 1. The smallest absolute Gasteiger partial charge is 0.326 e. The molecule has 0 unspecified atom stereocenters. The number of carboxylic acids is 1. The zero-order valence-corrected chi connectivity index (χ0v) is 35.2. The van der Waals surface area contributed by atoms with Gasteiger partial charge in [-0.3, -0.25) is 24.0 Å². The van der Waals surface area contributed by atoms with Gasteiger partial charge < -0.3 is 40.3 Å². The number of likely N-dealkylation sites (N-methyl/N-ethyl adjacent to an activating group) is 1. The average molecular weight is 832 g/mol. The first kappa shape index (κ1) is 43.9. The molecule has 2 aliphatic rings. The maximum Gasteiger partial charge on any atom is 0.326 e. The van der Waals surface area contributed by atoms with E-state index in [1.54, 1.807) is 48.5 Å². The molecule has 0 spiro atoms. The van der Waals surface area contributed by atoms with E-state index in [0.717, 1.165) is 24.0 Å². The topological polar surface area (TPSA) is 184 Å². The molecule has 4 aromatic carbocycles. The van der Waals surface area contributed by atoms with Gasteiger partial charge in [0, 0.05) is 49.7 Å². The number of nitrogens with zero attached hydrogens (tertiary/aromatic N) is 2. The fourth-order valence-electron chi connectivity index (χ4n) is 8.02. The third kappa shape index (κ3) is 10.0. The average Bonchev–Trinajstić information content (AvgIpc) is 3.76. The lowest BCUT2D eigenvalue weighted by Gasteiger charge is -2.34. The second-order valence-corrected chi connectivity index (χ2v) is 15.5. The first-order valence-corrected chi connectivity index (χ1v) is 20.6. The van der Waals surface area contributed by atoms with E-state index in [1.165, 1.54) is 43.6 Å². The number of methoxy groups -OCH3 is 2. The van der Waals surface area contributed by atoms with E-state index in [2.05, 4.69) is 47.1 Å². The Hall–Kier alpha value is -6.70. The summed E-state index contributed by atoms with van der Waals surface area (Å²) in [6.07, 6.45) is 2.91. The van der Waals surface area contributed by atoms with E-state index in [4.69, 9.17) is 9.47 Å². The van der Waals surface area contributed by atoms with Crippen molar-refractivity contribution in [3.63, 3.8) is 0 Å². The minimum absolute atomic E-state index is 0.0436. The van der Waals surface area contributed by atoms with Gasteiger partial charge in [0.15, 0.2) is 0 Å². The van der Waals surface area contributed by atoms with Crippen molar-refractivity contribution >= 4 is 35.5 Å². The highest BCUT2D eigenvalue weighted by molar-refractivity contribution is 5.97. The molecule has 14 nitrogen and oxygen atoms in total. The van der Waals surface area contributed by atoms with Crippen LogP contribution in [0.25, 0.3) is 22.3 Å². The Bertz CT molecular complexity index is 2280. The highest BCUT2D eigenvalue weighted by Gasteiger charge is 2.40. The van der Waals surface area contributed by atoms with Gasteiger partial charge in [-0.25, -0.2) is 4.79 Å². The standard InChI is InChI=1S/C47H53N5O9/c1-6-8-29-10-13-31(14-11-29)32-15-17-33(18-16-32)44(55)48-23-22-41(53)52-24-7-9-38(52)46(57)51(3)42-34-19-21-40(61-5)36(27-34)35-25-30(12-20-39(35)60-4)26-37(47(58)59)50-43(54)28(2)49-45(42)56/h10-21,25,27-28,37-38,42H,6-9,22-24,26H2,1-5H3,(H,48,55)(H,49,56)(H,50,54)(H,58,59)/t28-,37-,38-,42-/m0/s1. The van der Waals surface area contributed by atoms with Gasteiger partial charge in [0.25, 0.3) is 5.91 Å². The molecular formula is C47H53N5O9. The Morgan fingerprint density at radius 3 is 2.13 bits per heavy atom. The van der Waals surface area contributed by atoms with E-state index in [-0.39, 0.29) is 31.2 Å².